The zero-order valence-electron chi connectivity index (χ0n) is 22.3. The van der Waals surface area contributed by atoms with Gasteiger partial charge in [0.25, 0.3) is 10.0 Å². The lowest BCUT2D eigenvalue weighted by atomic mass is 10.1. The number of rotatable bonds is 11. The van der Waals surface area contributed by atoms with E-state index in [9.17, 15) is 18.0 Å². The van der Waals surface area contributed by atoms with Gasteiger partial charge in [-0.3, -0.25) is 13.9 Å². The normalized spacial score (nSPS) is 14.6. The first kappa shape index (κ1) is 29.2. The number of sulfonamides is 1. The van der Waals surface area contributed by atoms with Crippen LogP contribution in [0.3, 0.4) is 0 Å². The Bertz CT molecular complexity index is 1470. The average Bonchev–Trinajstić information content (AvgIpc) is 3.12. The molecule has 7 nitrogen and oxygen atoms in total. The first-order valence-corrected chi connectivity index (χ1v) is 15.3. The van der Waals surface area contributed by atoms with Crippen molar-refractivity contribution in [2.45, 2.75) is 57.5 Å². The van der Waals surface area contributed by atoms with Crippen LogP contribution in [0.4, 0.5) is 5.69 Å². The molecule has 3 aromatic rings. The zero-order valence-corrected chi connectivity index (χ0v) is 24.6. The van der Waals surface area contributed by atoms with Crippen LogP contribution in [0.2, 0.25) is 10.0 Å². The third-order valence-corrected chi connectivity index (χ3v) is 9.46. The van der Waals surface area contributed by atoms with E-state index >= 15 is 0 Å². The summed E-state index contributed by atoms with van der Waals surface area (Å²) in [6.07, 6.45) is 0.725. The van der Waals surface area contributed by atoms with Crippen molar-refractivity contribution in [3.05, 3.63) is 70.2 Å². The highest BCUT2D eigenvalue weighted by Crippen LogP contribution is 2.42. The second-order valence-corrected chi connectivity index (χ2v) is 12.7. The molecule has 1 aliphatic heterocycles. The van der Waals surface area contributed by atoms with E-state index in [-0.39, 0.29) is 48.6 Å². The minimum absolute atomic E-state index is 0.0500. The van der Waals surface area contributed by atoms with Crippen molar-refractivity contribution in [2.75, 3.05) is 17.4 Å². The third kappa shape index (κ3) is 6.03. The van der Waals surface area contributed by atoms with Gasteiger partial charge in [-0.1, -0.05) is 74.3 Å². The van der Waals surface area contributed by atoms with E-state index < -0.39 is 16.1 Å². The highest BCUT2D eigenvalue weighted by molar-refractivity contribution is 7.93. The molecule has 2 amide bonds. The molecule has 10 heteroatoms. The number of hydrogen-bond donors (Lipinski definition) is 1. The van der Waals surface area contributed by atoms with Crippen molar-refractivity contribution in [2.24, 2.45) is 5.92 Å². The lowest BCUT2D eigenvalue weighted by Gasteiger charge is -2.31. The van der Waals surface area contributed by atoms with Crippen LogP contribution in [0.15, 0.2) is 59.5 Å². The zero-order chi connectivity index (χ0) is 28.3. The lowest BCUT2D eigenvalue weighted by Crippen LogP contribution is -2.49. The van der Waals surface area contributed by atoms with E-state index in [0.717, 1.165) is 5.39 Å². The van der Waals surface area contributed by atoms with E-state index in [1.165, 1.54) is 9.21 Å². The molecule has 0 fully saturated rings. The van der Waals surface area contributed by atoms with Crippen molar-refractivity contribution in [1.29, 1.82) is 0 Å². The van der Waals surface area contributed by atoms with Crippen LogP contribution in [0.1, 0.15) is 45.6 Å². The molecule has 3 aromatic carbocycles. The lowest BCUT2D eigenvalue weighted by molar-refractivity contribution is -0.141. The molecule has 1 N–H and O–H groups in total. The second-order valence-electron chi connectivity index (χ2n) is 10.1. The van der Waals surface area contributed by atoms with E-state index in [2.05, 4.69) is 5.32 Å². The summed E-state index contributed by atoms with van der Waals surface area (Å²) >= 11 is 12.8. The number of benzene rings is 3. The van der Waals surface area contributed by atoms with Crippen LogP contribution in [0.5, 0.6) is 0 Å². The Hall–Kier alpha value is -2.81. The van der Waals surface area contributed by atoms with E-state index in [1.54, 1.807) is 36.4 Å². The van der Waals surface area contributed by atoms with Crippen molar-refractivity contribution in [3.63, 3.8) is 0 Å². The SMILES string of the molecule is CC[C@H](C(=O)NCC(C)C)N(Cc1c(Cl)cccc1Cl)C(=O)CCCN1c2cccc3cccc(c23)S1(=O)=O. The Morgan fingerprint density at radius 1 is 1.00 bits per heavy atom. The molecule has 0 aliphatic carbocycles. The molecule has 208 valence electrons. The summed E-state index contributed by atoms with van der Waals surface area (Å²) < 4.78 is 28.0. The van der Waals surface area contributed by atoms with Gasteiger partial charge in [0, 0.05) is 47.1 Å². The first-order valence-electron chi connectivity index (χ1n) is 13.1. The molecule has 0 radical (unpaired) electrons. The van der Waals surface area contributed by atoms with Gasteiger partial charge in [-0.05, 0) is 48.4 Å². The van der Waals surface area contributed by atoms with Crippen LogP contribution in [0.25, 0.3) is 10.8 Å². The van der Waals surface area contributed by atoms with Crippen molar-refractivity contribution in [3.8, 4) is 0 Å². The molecule has 1 atom stereocenters. The fourth-order valence-corrected chi connectivity index (χ4v) is 7.18. The quantitative estimate of drug-likeness (QED) is 0.296. The van der Waals surface area contributed by atoms with E-state index in [1.807, 2.05) is 39.0 Å². The summed E-state index contributed by atoms with van der Waals surface area (Å²) in [7, 11) is -3.72. The fourth-order valence-electron chi connectivity index (χ4n) is 4.91. The number of hydrogen-bond acceptors (Lipinski definition) is 4. The maximum absolute atomic E-state index is 13.6. The number of nitrogens with zero attached hydrogens (tertiary/aromatic N) is 2. The van der Waals surface area contributed by atoms with Crippen LogP contribution in [-0.2, 0) is 26.2 Å². The third-order valence-electron chi connectivity index (χ3n) is 6.89. The number of amides is 2. The smallest absolute Gasteiger partial charge is 0.265 e. The topological polar surface area (TPSA) is 86.8 Å². The molecule has 0 bridgehead atoms. The van der Waals surface area contributed by atoms with Crippen molar-refractivity contribution < 1.29 is 18.0 Å². The largest absolute Gasteiger partial charge is 0.354 e. The van der Waals surface area contributed by atoms with Crippen LogP contribution >= 0.6 is 23.2 Å². The number of carbonyl (C=O) groups is 2. The average molecular weight is 591 g/mol. The Balaban J connectivity index is 1.54. The number of carbonyl (C=O) groups excluding carboxylic acids is 2. The first-order chi connectivity index (χ1) is 18.6. The van der Waals surface area contributed by atoms with Gasteiger partial charge in [0.05, 0.1) is 10.6 Å². The minimum Gasteiger partial charge on any atom is -0.354 e. The standard InChI is InChI=1S/C29H33Cl2N3O4S/c1-4-24(29(36)32-17-19(2)3)33(18-21-22(30)11-7-12-23(21)31)27(35)15-8-16-34-25-13-5-9-20-10-6-14-26(28(20)25)39(34,37)38/h5-7,9-14,19,24H,4,8,15-18H2,1-3H3,(H,32,36)/t24-/m1/s1. The molecule has 0 unspecified atom stereocenters. The van der Waals surface area contributed by atoms with Crippen LogP contribution < -0.4 is 9.62 Å². The van der Waals surface area contributed by atoms with Crippen molar-refractivity contribution in [1.82, 2.24) is 10.2 Å². The van der Waals surface area contributed by atoms with Gasteiger partial charge in [-0.15, -0.1) is 0 Å². The summed E-state index contributed by atoms with van der Waals surface area (Å²) in [5.41, 5.74) is 1.18. The maximum Gasteiger partial charge on any atom is 0.265 e. The highest BCUT2D eigenvalue weighted by Gasteiger charge is 2.36. The van der Waals surface area contributed by atoms with Crippen LogP contribution in [-0.4, -0.2) is 44.3 Å². The Morgan fingerprint density at radius 3 is 2.28 bits per heavy atom. The highest BCUT2D eigenvalue weighted by atomic mass is 35.5. The molecule has 1 aliphatic rings. The summed E-state index contributed by atoms with van der Waals surface area (Å²) in [6.45, 7) is 6.54. The van der Waals surface area contributed by atoms with Gasteiger partial charge in [-0.2, -0.15) is 0 Å². The monoisotopic (exact) mass is 589 g/mol. The van der Waals surface area contributed by atoms with Crippen LogP contribution in [0, 0.1) is 5.92 Å². The molecular formula is C29H33Cl2N3O4S. The van der Waals surface area contributed by atoms with Crippen molar-refractivity contribution >= 4 is 61.5 Å². The molecule has 0 saturated carbocycles. The fraction of sp³-hybridized carbons (Fsp3) is 0.379. The predicted octanol–water partition coefficient (Wildman–Crippen LogP) is 6.02. The number of anilines is 1. The summed E-state index contributed by atoms with van der Waals surface area (Å²) in [6, 6.07) is 15.1. The molecular weight excluding hydrogens is 557 g/mol. The van der Waals surface area contributed by atoms with Gasteiger partial charge in [-0.25, -0.2) is 8.42 Å². The maximum atomic E-state index is 13.6. The molecule has 0 spiro atoms. The second kappa shape index (κ2) is 12.1. The Morgan fingerprint density at radius 2 is 1.64 bits per heavy atom. The van der Waals surface area contributed by atoms with E-state index in [4.69, 9.17) is 23.2 Å². The molecule has 39 heavy (non-hydrogen) atoms. The minimum atomic E-state index is -3.72. The number of halogens is 2. The molecule has 1 heterocycles. The Labute approximate surface area is 240 Å². The summed E-state index contributed by atoms with van der Waals surface area (Å²) in [4.78, 5) is 28.6. The van der Waals surface area contributed by atoms with E-state index in [0.29, 0.717) is 39.6 Å². The summed E-state index contributed by atoms with van der Waals surface area (Å²) in [5.74, 6) is -0.263. The predicted molar refractivity (Wildman–Crippen MR) is 157 cm³/mol. The molecule has 4 rings (SSSR count). The van der Waals surface area contributed by atoms with Gasteiger partial charge in [0.15, 0.2) is 0 Å². The van der Waals surface area contributed by atoms with Gasteiger partial charge < -0.3 is 10.2 Å². The molecule has 0 aromatic heterocycles. The van der Waals surface area contributed by atoms with Gasteiger partial charge in [0.1, 0.15) is 6.04 Å². The Kier molecular flexibility index (Phi) is 9.09. The van der Waals surface area contributed by atoms with Gasteiger partial charge in [0.2, 0.25) is 11.8 Å². The van der Waals surface area contributed by atoms with Gasteiger partial charge >= 0.3 is 0 Å². The number of nitrogens with one attached hydrogen (secondary N) is 1. The molecule has 0 saturated heterocycles. The summed E-state index contributed by atoms with van der Waals surface area (Å²) in [5, 5.41) is 5.31.